The largest absolute Gasteiger partial charge is 0.221 e. The first-order chi connectivity index (χ1) is 15.2. The first-order valence-corrected chi connectivity index (χ1v) is 12.1. The summed E-state index contributed by atoms with van der Waals surface area (Å²) in [7, 11) is 0. The second kappa shape index (κ2) is 12.4. The molecule has 3 rings (SSSR count). The smallest absolute Gasteiger partial charge is 0.219 e. The summed E-state index contributed by atoms with van der Waals surface area (Å²) in [6, 6.07) is 20.5. The van der Waals surface area contributed by atoms with Gasteiger partial charge in [-0.15, -0.1) is 0 Å². The molecule has 0 aliphatic carbocycles. The standard InChI is InChI=1S/C29H36FN/c1-3-5-7-8-10-12-24-13-17-25(18-14-24)27-21-22-28(31-29(27)30)26-19-15-23(16-20-26)11-9-6-4-2/h13-22H,3-12H2,1-2H3. The van der Waals surface area contributed by atoms with Crippen molar-refractivity contribution in [1.29, 1.82) is 0 Å². The first-order valence-electron chi connectivity index (χ1n) is 12.1. The Morgan fingerprint density at radius 3 is 1.68 bits per heavy atom. The summed E-state index contributed by atoms with van der Waals surface area (Å²) in [4.78, 5) is 4.26. The molecule has 1 heterocycles. The SMILES string of the molecule is CCCCCCCc1ccc(-c2ccc(-c3ccc(CCCCC)cc3)nc2F)cc1. The maximum absolute atomic E-state index is 14.8. The molecule has 0 saturated carbocycles. The first kappa shape index (κ1) is 23.2. The predicted octanol–water partition coefficient (Wildman–Crippen LogP) is 8.80. The van der Waals surface area contributed by atoms with E-state index in [0.717, 1.165) is 24.0 Å². The van der Waals surface area contributed by atoms with Crippen LogP contribution in [0.1, 0.15) is 76.3 Å². The third kappa shape index (κ3) is 7.02. The van der Waals surface area contributed by atoms with E-state index >= 15 is 0 Å². The highest BCUT2D eigenvalue weighted by atomic mass is 19.1. The lowest BCUT2D eigenvalue weighted by molar-refractivity contribution is 0.589. The molecular formula is C29H36FN. The second-order valence-electron chi connectivity index (χ2n) is 8.55. The number of rotatable bonds is 12. The fourth-order valence-electron chi connectivity index (χ4n) is 4.02. The van der Waals surface area contributed by atoms with E-state index in [4.69, 9.17) is 0 Å². The Hall–Kier alpha value is -2.48. The highest BCUT2D eigenvalue weighted by Crippen LogP contribution is 2.26. The van der Waals surface area contributed by atoms with Gasteiger partial charge in [0.1, 0.15) is 0 Å². The predicted molar refractivity (Wildman–Crippen MR) is 131 cm³/mol. The molecule has 164 valence electrons. The van der Waals surface area contributed by atoms with Crippen molar-refractivity contribution in [1.82, 2.24) is 4.98 Å². The van der Waals surface area contributed by atoms with Crippen molar-refractivity contribution in [2.45, 2.75) is 78.1 Å². The van der Waals surface area contributed by atoms with E-state index in [1.807, 2.05) is 24.3 Å². The number of aromatic nitrogens is 1. The van der Waals surface area contributed by atoms with Crippen molar-refractivity contribution in [3.63, 3.8) is 0 Å². The highest BCUT2D eigenvalue weighted by molar-refractivity contribution is 5.67. The van der Waals surface area contributed by atoms with Gasteiger partial charge in [-0.05, 0) is 54.5 Å². The summed E-state index contributed by atoms with van der Waals surface area (Å²) < 4.78 is 14.8. The van der Waals surface area contributed by atoms with Crippen molar-refractivity contribution >= 4 is 0 Å². The van der Waals surface area contributed by atoms with E-state index in [2.05, 4.69) is 55.2 Å². The molecule has 0 fully saturated rings. The van der Waals surface area contributed by atoms with Gasteiger partial charge in [-0.25, -0.2) is 4.98 Å². The molecule has 0 aliphatic heterocycles. The molecule has 0 spiro atoms. The molecule has 0 N–H and O–H groups in total. The van der Waals surface area contributed by atoms with Gasteiger partial charge in [-0.1, -0.05) is 101 Å². The number of halogens is 1. The van der Waals surface area contributed by atoms with Gasteiger partial charge in [0.2, 0.25) is 5.95 Å². The summed E-state index contributed by atoms with van der Waals surface area (Å²) in [6.07, 6.45) is 12.3. The van der Waals surface area contributed by atoms with E-state index in [9.17, 15) is 4.39 Å². The van der Waals surface area contributed by atoms with Gasteiger partial charge >= 0.3 is 0 Å². The van der Waals surface area contributed by atoms with Crippen LogP contribution in [-0.4, -0.2) is 4.98 Å². The molecule has 0 unspecified atom stereocenters. The van der Waals surface area contributed by atoms with Gasteiger partial charge in [-0.3, -0.25) is 0 Å². The van der Waals surface area contributed by atoms with Crippen LogP contribution >= 0.6 is 0 Å². The van der Waals surface area contributed by atoms with E-state index in [-0.39, 0.29) is 0 Å². The summed E-state index contributed by atoms with van der Waals surface area (Å²) in [5.74, 6) is -0.406. The van der Waals surface area contributed by atoms with Crippen LogP contribution in [0.3, 0.4) is 0 Å². The molecule has 0 radical (unpaired) electrons. The minimum atomic E-state index is -0.406. The molecule has 31 heavy (non-hydrogen) atoms. The molecule has 0 amide bonds. The van der Waals surface area contributed by atoms with Crippen LogP contribution in [-0.2, 0) is 12.8 Å². The van der Waals surface area contributed by atoms with Crippen molar-refractivity contribution in [2.75, 3.05) is 0 Å². The Labute approximate surface area is 187 Å². The zero-order chi connectivity index (χ0) is 21.9. The third-order valence-electron chi connectivity index (χ3n) is 6.00. The van der Waals surface area contributed by atoms with E-state index in [1.165, 1.54) is 62.5 Å². The van der Waals surface area contributed by atoms with Crippen LogP contribution in [0.2, 0.25) is 0 Å². The Kier molecular flexibility index (Phi) is 9.27. The summed E-state index contributed by atoms with van der Waals surface area (Å²) in [6.45, 7) is 4.46. The topological polar surface area (TPSA) is 12.9 Å². The lowest BCUT2D eigenvalue weighted by atomic mass is 10.0. The molecule has 2 heteroatoms. The van der Waals surface area contributed by atoms with Gasteiger partial charge in [0.25, 0.3) is 0 Å². The van der Waals surface area contributed by atoms with Crippen molar-refractivity contribution in [2.24, 2.45) is 0 Å². The lowest BCUT2D eigenvalue weighted by Crippen LogP contribution is -1.93. The number of unbranched alkanes of at least 4 members (excludes halogenated alkanes) is 6. The maximum Gasteiger partial charge on any atom is 0.221 e. The molecule has 0 aliphatic rings. The zero-order valence-electron chi connectivity index (χ0n) is 19.2. The van der Waals surface area contributed by atoms with Crippen LogP contribution in [0.4, 0.5) is 4.39 Å². The molecule has 2 aromatic carbocycles. The Balaban J connectivity index is 1.62. The van der Waals surface area contributed by atoms with Gasteiger partial charge in [0.15, 0.2) is 0 Å². The van der Waals surface area contributed by atoms with Crippen LogP contribution < -0.4 is 0 Å². The highest BCUT2D eigenvalue weighted by Gasteiger charge is 2.09. The Morgan fingerprint density at radius 1 is 0.581 bits per heavy atom. The van der Waals surface area contributed by atoms with Crippen molar-refractivity contribution < 1.29 is 4.39 Å². The minimum Gasteiger partial charge on any atom is -0.219 e. The Morgan fingerprint density at radius 2 is 1.10 bits per heavy atom. The van der Waals surface area contributed by atoms with Gasteiger partial charge in [0.05, 0.1) is 5.69 Å². The van der Waals surface area contributed by atoms with E-state index < -0.39 is 5.95 Å². The van der Waals surface area contributed by atoms with Crippen molar-refractivity contribution in [3.8, 4) is 22.4 Å². The van der Waals surface area contributed by atoms with E-state index in [0.29, 0.717) is 11.3 Å². The number of hydrogen-bond acceptors (Lipinski definition) is 1. The molecule has 0 atom stereocenters. The summed E-state index contributed by atoms with van der Waals surface area (Å²) in [5.41, 5.74) is 5.75. The molecule has 1 nitrogen and oxygen atoms in total. The quantitative estimate of drug-likeness (QED) is 0.212. The number of aryl methyl sites for hydroxylation is 2. The Bertz CT molecular complexity index is 912. The summed E-state index contributed by atoms with van der Waals surface area (Å²) >= 11 is 0. The fraction of sp³-hybridized carbons (Fsp3) is 0.414. The maximum atomic E-state index is 14.8. The summed E-state index contributed by atoms with van der Waals surface area (Å²) in [5, 5.41) is 0. The minimum absolute atomic E-state index is 0.406. The molecule has 0 bridgehead atoms. The number of nitrogens with zero attached hydrogens (tertiary/aromatic N) is 1. The fourth-order valence-corrected chi connectivity index (χ4v) is 4.02. The molecule has 3 aromatic rings. The zero-order valence-corrected chi connectivity index (χ0v) is 19.2. The van der Waals surface area contributed by atoms with Gasteiger partial charge < -0.3 is 0 Å². The molecule has 1 aromatic heterocycles. The van der Waals surface area contributed by atoms with Crippen LogP contribution in [0.15, 0.2) is 60.7 Å². The second-order valence-corrected chi connectivity index (χ2v) is 8.55. The van der Waals surface area contributed by atoms with Crippen LogP contribution in [0.25, 0.3) is 22.4 Å². The number of hydrogen-bond donors (Lipinski definition) is 0. The average molecular weight is 418 g/mol. The third-order valence-corrected chi connectivity index (χ3v) is 6.00. The van der Waals surface area contributed by atoms with Crippen LogP contribution in [0, 0.1) is 5.95 Å². The normalized spacial score (nSPS) is 11.1. The van der Waals surface area contributed by atoms with Crippen molar-refractivity contribution in [3.05, 3.63) is 77.7 Å². The average Bonchev–Trinajstić information content (AvgIpc) is 2.80. The molecule has 0 saturated heterocycles. The number of benzene rings is 2. The van der Waals surface area contributed by atoms with Gasteiger partial charge in [-0.2, -0.15) is 4.39 Å². The van der Waals surface area contributed by atoms with Crippen LogP contribution in [0.5, 0.6) is 0 Å². The number of pyridine rings is 1. The monoisotopic (exact) mass is 417 g/mol. The van der Waals surface area contributed by atoms with Gasteiger partial charge in [0, 0.05) is 11.1 Å². The van der Waals surface area contributed by atoms with E-state index in [1.54, 1.807) is 0 Å². The lowest BCUT2D eigenvalue weighted by Gasteiger charge is -2.08. The molecular weight excluding hydrogens is 381 g/mol.